The van der Waals surface area contributed by atoms with Gasteiger partial charge in [0.05, 0.1) is 16.7 Å². The molecule has 0 radical (unpaired) electrons. The molecule has 2 aromatic heterocycles. The van der Waals surface area contributed by atoms with Crippen LogP contribution in [0.1, 0.15) is 52.7 Å². The maximum absolute atomic E-state index is 14.7. The fourth-order valence-electron chi connectivity index (χ4n) is 6.95. The Hall–Kier alpha value is -6.01. The number of hydrogen-bond donors (Lipinski definition) is 0. The molecule has 2 heterocycles. The van der Waals surface area contributed by atoms with Crippen LogP contribution in [0.3, 0.4) is 0 Å². The SMILES string of the molecule is CC(C)(C)c1ccc2c3ccc(C(C)(C)C)cc3n(-c3cc(-c4cc(F)cc(F)c4)ccc3-c3nc(-c4ccccc4)nc(-c4ccccc4)n3)c2c1. The van der Waals surface area contributed by atoms with Gasteiger partial charge in [0.15, 0.2) is 17.5 Å². The summed E-state index contributed by atoms with van der Waals surface area (Å²) in [5, 5.41) is 2.21. The third kappa shape index (κ3) is 6.50. The van der Waals surface area contributed by atoms with Gasteiger partial charge in [-0.05, 0) is 69.5 Å². The molecule has 0 saturated carbocycles. The highest BCUT2D eigenvalue weighted by molar-refractivity contribution is 6.10. The molecule has 0 aliphatic carbocycles. The summed E-state index contributed by atoms with van der Waals surface area (Å²) >= 11 is 0. The maximum Gasteiger partial charge on any atom is 0.166 e. The molecule has 0 spiro atoms. The number of aromatic nitrogens is 4. The Morgan fingerprint density at radius 1 is 0.434 bits per heavy atom. The van der Waals surface area contributed by atoms with Crippen LogP contribution in [0, 0.1) is 11.6 Å². The molecule has 0 unspecified atom stereocenters. The van der Waals surface area contributed by atoms with E-state index in [1.54, 1.807) is 0 Å². The number of hydrogen-bond acceptors (Lipinski definition) is 3. The Bertz CT molecular complexity index is 2500. The van der Waals surface area contributed by atoms with E-state index in [0.717, 1.165) is 50.2 Å². The minimum Gasteiger partial charge on any atom is -0.308 e. The van der Waals surface area contributed by atoms with E-state index in [9.17, 15) is 8.78 Å². The van der Waals surface area contributed by atoms with Gasteiger partial charge in [-0.2, -0.15) is 0 Å². The van der Waals surface area contributed by atoms with Gasteiger partial charge in [-0.15, -0.1) is 0 Å². The zero-order valence-corrected chi connectivity index (χ0v) is 30.7. The predicted molar refractivity (Wildman–Crippen MR) is 213 cm³/mol. The molecule has 0 N–H and O–H groups in total. The van der Waals surface area contributed by atoms with Gasteiger partial charge in [-0.1, -0.05) is 133 Å². The number of rotatable bonds is 5. The minimum atomic E-state index is -0.635. The molecular formula is C47H40F2N4. The molecule has 6 aromatic carbocycles. The van der Waals surface area contributed by atoms with Crippen molar-refractivity contribution < 1.29 is 8.78 Å². The van der Waals surface area contributed by atoms with E-state index < -0.39 is 11.6 Å². The van der Waals surface area contributed by atoms with Gasteiger partial charge in [0.2, 0.25) is 0 Å². The predicted octanol–water partition coefficient (Wildman–Crippen LogP) is 12.5. The highest BCUT2D eigenvalue weighted by Gasteiger charge is 2.24. The largest absolute Gasteiger partial charge is 0.308 e. The summed E-state index contributed by atoms with van der Waals surface area (Å²) in [7, 11) is 0. The van der Waals surface area contributed by atoms with E-state index >= 15 is 0 Å². The molecule has 262 valence electrons. The Labute approximate surface area is 308 Å². The van der Waals surface area contributed by atoms with E-state index in [2.05, 4.69) is 82.5 Å². The topological polar surface area (TPSA) is 43.6 Å². The average Bonchev–Trinajstić information content (AvgIpc) is 3.47. The molecule has 0 amide bonds. The van der Waals surface area contributed by atoms with E-state index in [-0.39, 0.29) is 10.8 Å². The molecule has 6 heteroatoms. The van der Waals surface area contributed by atoms with E-state index in [1.807, 2.05) is 78.9 Å². The molecule has 4 nitrogen and oxygen atoms in total. The Kier molecular flexibility index (Phi) is 8.29. The fourth-order valence-corrected chi connectivity index (χ4v) is 6.95. The fraction of sp³-hybridized carbons (Fsp3) is 0.170. The molecule has 8 rings (SSSR count). The maximum atomic E-state index is 14.7. The summed E-state index contributed by atoms with van der Waals surface area (Å²) in [5.41, 5.74) is 8.55. The number of benzene rings is 6. The van der Waals surface area contributed by atoms with Gasteiger partial charge >= 0.3 is 0 Å². The first-order valence-corrected chi connectivity index (χ1v) is 17.9. The smallest absolute Gasteiger partial charge is 0.166 e. The lowest BCUT2D eigenvalue weighted by molar-refractivity contribution is 0.584. The van der Waals surface area contributed by atoms with Crippen molar-refractivity contribution in [1.82, 2.24) is 19.5 Å². The molecule has 0 bridgehead atoms. The number of nitrogens with zero attached hydrogens (tertiary/aromatic N) is 4. The molecule has 0 fully saturated rings. The first-order valence-electron chi connectivity index (χ1n) is 17.9. The van der Waals surface area contributed by atoms with Crippen molar-refractivity contribution in [2.75, 3.05) is 0 Å². The Morgan fingerprint density at radius 3 is 1.38 bits per heavy atom. The summed E-state index contributed by atoms with van der Waals surface area (Å²) < 4.78 is 31.7. The zero-order valence-electron chi connectivity index (χ0n) is 30.7. The third-order valence-corrected chi connectivity index (χ3v) is 9.87. The molecule has 53 heavy (non-hydrogen) atoms. The highest BCUT2D eigenvalue weighted by atomic mass is 19.1. The van der Waals surface area contributed by atoms with Crippen LogP contribution in [0.4, 0.5) is 8.78 Å². The lowest BCUT2D eigenvalue weighted by atomic mass is 9.86. The van der Waals surface area contributed by atoms with E-state index in [4.69, 9.17) is 15.0 Å². The molecular weight excluding hydrogens is 659 g/mol. The van der Waals surface area contributed by atoms with Crippen molar-refractivity contribution in [3.63, 3.8) is 0 Å². The van der Waals surface area contributed by atoms with Crippen molar-refractivity contribution >= 4 is 21.8 Å². The first kappa shape index (κ1) is 34.1. The monoisotopic (exact) mass is 698 g/mol. The Morgan fingerprint density at radius 2 is 0.906 bits per heavy atom. The van der Waals surface area contributed by atoms with Gasteiger partial charge in [-0.3, -0.25) is 0 Å². The van der Waals surface area contributed by atoms with Crippen LogP contribution in [0.2, 0.25) is 0 Å². The average molecular weight is 699 g/mol. The summed E-state index contributed by atoms with van der Waals surface area (Å²) in [6.07, 6.45) is 0. The molecule has 0 aliphatic heterocycles. The van der Waals surface area contributed by atoms with Gasteiger partial charge in [0, 0.05) is 33.5 Å². The van der Waals surface area contributed by atoms with Crippen molar-refractivity contribution in [1.29, 1.82) is 0 Å². The number of fused-ring (bicyclic) bond motifs is 3. The van der Waals surface area contributed by atoms with Crippen molar-refractivity contribution in [3.05, 3.63) is 156 Å². The summed E-state index contributed by atoms with van der Waals surface area (Å²) in [6.45, 7) is 13.3. The Balaban J connectivity index is 1.51. The quantitative estimate of drug-likeness (QED) is 0.180. The van der Waals surface area contributed by atoms with Crippen LogP contribution < -0.4 is 0 Å². The summed E-state index contributed by atoms with van der Waals surface area (Å²) in [5.74, 6) is 0.306. The zero-order chi connectivity index (χ0) is 37.1. The second kappa shape index (κ2) is 12.9. The molecule has 8 aromatic rings. The van der Waals surface area contributed by atoms with Crippen LogP contribution in [-0.4, -0.2) is 19.5 Å². The second-order valence-electron chi connectivity index (χ2n) is 15.7. The standard InChI is InChI=1S/C47H40F2N4/c1-46(2,3)33-18-21-37-38-22-19-34(47(4,5)6)27-42(38)53(41(37)26-33)40-25-31(32-23-35(48)28-36(49)24-32)17-20-39(40)45-51-43(29-13-9-7-10-14-29)50-44(52-45)30-15-11-8-12-16-30/h7-28H,1-6H3. The normalized spacial score (nSPS) is 12.2. The summed E-state index contributed by atoms with van der Waals surface area (Å²) in [6, 6.07) is 42.6. The van der Waals surface area contributed by atoms with Crippen LogP contribution in [0.25, 0.3) is 72.8 Å². The van der Waals surface area contributed by atoms with Gasteiger partial charge < -0.3 is 4.57 Å². The lowest BCUT2D eigenvalue weighted by Crippen LogP contribution is -2.11. The highest BCUT2D eigenvalue weighted by Crippen LogP contribution is 2.41. The molecule has 0 atom stereocenters. The van der Waals surface area contributed by atoms with Crippen LogP contribution >= 0.6 is 0 Å². The van der Waals surface area contributed by atoms with Gasteiger partial charge in [0.25, 0.3) is 0 Å². The van der Waals surface area contributed by atoms with Crippen molar-refractivity contribution in [3.8, 4) is 51.0 Å². The third-order valence-electron chi connectivity index (χ3n) is 9.87. The summed E-state index contributed by atoms with van der Waals surface area (Å²) in [4.78, 5) is 15.2. The van der Waals surface area contributed by atoms with Crippen LogP contribution in [0.15, 0.2) is 133 Å². The van der Waals surface area contributed by atoms with Crippen molar-refractivity contribution in [2.24, 2.45) is 0 Å². The first-order chi connectivity index (χ1) is 25.3. The van der Waals surface area contributed by atoms with Gasteiger partial charge in [0.1, 0.15) is 11.6 Å². The van der Waals surface area contributed by atoms with Crippen LogP contribution in [-0.2, 0) is 10.8 Å². The van der Waals surface area contributed by atoms with Crippen molar-refractivity contribution in [2.45, 2.75) is 52.4 Å². The van der Waals surface area contributed by atoms with E-state index in [1.165, 1.54) is 23.3 Å². The molecule has 0 aliphatic rings. The minimum absolute atomic E-state index is 0.112. The van der Waals surface area contributed by atoms with E-state index in [0.29, 0.717) is 28.6 Å². The second-order valence-corrected chi connectivity index (χ2v) is 15.7. The van der Waals surface area contributed by atoms with Crippen LogP contribution in [0.5, 0.6) is 0 Å². The van der Waals surface area contributed by atoms with Gasteiger partial charge in [-0.25, -0.2) is 23.7 Å². The lowest BCUT2D eigenvalue weighted by Gasteiger charge is -2.21. The molecule has 0 saturated heterocycles. The number of halogens is 2.